The Kier molecular flexibility index (Phi) is 3.35. The van der Waals surface area contributed by atoms with E-state index in [1.165, 1.54) is 6.07 Å². The Labute approximate surface area is 142 Å². The SMILES string of the molecule is Cc1ccc2cc([C@H]3CC(=O)Oc4cc(C)oc(=O)c43)c(=O)[nH]c2c1. The first-order chi connectivity index (χ1) is 11.9. The van der Waals surface area contributed by atoms with Gasteiger partial charge in [0.1, 0.15) is 11.5 Å². The van der Waals surface area contributed by atoms with E-state index in [2.05, 4.69) is 4.98 Å². The van der Waals surface area contributed by atoms with E-state index in [-0.39, 0.29) is 23.3 Å². The number of ether oxygens (including phenoxy) is 1. The Bertz CT molecular complexity index is 1140. The molecule has 0 bridgehead atoms. The highest BCUT2D eigenvalue weighted by molar-refractivity contribution is 5.81. The number of benzene rings is 1. The molecular formula is C19H15NO5. The molecule has 25 heavy (non-hydrogen) atoms. The van der Waals surface area contributed by atoms with Crippen molar-refractivity contribution in [1.82, 2.24) is 4.98 Å². The lowest BCUT2D eigenvalue weighted by Gasteiger charge is -2.23. The fourth-order valence-corrected chi connectivity index (χ4v) is 3.28. The summed E-state index contributed by atoms with van der Waals surface area (Å²) < 4.78 is 10.3. The van der Waals surface area contributed by atoms with Gasteiger partial charge in [0.15, 0.2) is 0 Å². The Morgan fingerprint density at radius 3 is 2.68 bits per heavy atom. The van der Waals surface area contributed by atoms with Crippen molar-refractivity contribution in [3.8, 4) is 5.75 Å². The normalized spacial score (nSPS) is 16.6. The number of carbonyl (C=O) groups is 1. The highest BCUT2D eigenvalue weighted by atomic mass is 16.5. The Balaban J connectivity index is 1.97. The van der Waals surface area contributed by atoms with Gasteiger partial charge in [0, 0.05) is 23.1 Å². The van der Waals surface area contributed by atoms with Gasteiger partial charge >= 0.3 is 11.6 Å². The third-order valence-corrected chi connectivity index (χ3v) is 4.42. The number of nitrogens with one attached hydrogen (secondary N) is 1. The predicted molar refractivity (Wildman–Crippen MR) is 91.1 cm³/mol. The van der Waals surface area contributed by atoms with Crippen molar-refractivity contribution in [2.24, 2.45) is 0 Å². The van der Waals surface area contributed by atoms with Gasteiger partial charge in [-0.15, -0.1) is 0 Å². The third kappa shape index (κ3) is 2.55. The van der Waals surface area contributed by atoms with E-state index in [0.717, 1.165) is 10.9 Å². The summed E-state index contributed by atoms with van der Waals surface area (Å²) in [4.78, 5) is 39.7. The average Bonchev–Trinajstić information content (AvgIpc) is 2.52. The maximum absolute atomic E-state index is 12.6. The van der Waals surface area contributed by atoms with Gasteiger partial charge in [0.05, 0.1) is 12.0 Å². The van der Waals surface area contributed by atoms with Crippen molar-refractivity contribution >= 4 is 16.9 Å². The maximum Gasteiger partial charge on any atom is 0.343 e. The number of aryl methyl sites for hydroxylation is 2. The van der Waals surface area contributed by atoms with Crippen molar-refractivity contribution in [3.63, 3.8) is 0 Å². The molecule has 1 aromatic carbocycles. The number of carbonyl (C=O) groups excluding carboxylic acids is 1. The number of hydrogen-bond donors (Lipinski definition) is 1. The molecule has 0 radical (unpaired) electrons. The lowest BCUT2D eigenvalue weighted by atomic mass is 9.87. The van der Waals surface area contributed by atoms with Gasteiger partial charge in [-0.05, 0) is 36.9 Å². The number of aromatic nitrogens is 1. The zero-order valence-electron chi connectivity index (χ0n) is 13.7. The molecule has 6 heteroatoms. The lowest BCUT2D eigenvalue weighted by molar-refractivity contribution is -0.135. The molecule has 126 valence electrons. The van der Waals surface area contributed by atoms with E-state index in [0.29, 0.717) is 16.8 Å². The second kappa shape index (κ2) is 5.44. The van der Waals surface area contributed by atoms with Crippen LogP contribution in [0.3, 0.4) is 0 Å². The number of fused-ring (bicyclic) bond motifs is 2. The van der Waals surface area contributed by atoms with E-state index in [1.807, 2.05) is 25.1 Å². The quantitative estimate of drug-likeness (QED) is 0.689. The van der Waals surface area contributed by atoms with E-state index in [9.17, 15) is 14.4 Å². The minimum atomic E-state index is -0.692. The number of aromatic amines is 1. The molecule has 4 rings (SSSR count). The zero-order valence-corrected chi connectivity index (χ0v) is 13.7. The summed E-state index contributed by atoms with van der Waals surface area (Å²) in [6.07, 6.45) is -0.0821. The number of esters is 1. The molecule has 1 aliphatic heterocycles. The lowest BCUT2D eigenvalue weighted by Crippen LogP contribution is -2.30. The Morgan fingerprint density at radius 1 is 1.08 bits per heavy atom. The second-order valence-corrected chi connectivity index (χ2v) is 6.30. The van der Waals surface area contributed by atoms with Crippen LogP contribution in [-0.2, 0) is 4.79 Å². The first-order valence-electron chi connectivity index (χ1n) is 7.91. The first kappa shape index (κ1) is 15.4. The molecule has 6 nitrogen and oxygen atoms in total. The summed E-state index contributed by atoms with van der Waals surface area (Å²) in [5.41, 5.74) is 1.38. The van der Waals surface area contributed by atoms with Gasteiger partial charge in [0.2, 0.25) is 0 Å². The molecule has 0 saturated heterocycles. The minimum absolute atomic E-state index is 0.0821. The maximum atomic E-state index is 12.6. The van der Waals surface area contributed by atoms with Gasteiger partial charge in [-0.1, -0.05) is 12.1 Å². The van der Waals surface area contributed by atoms with Crippen molar-refractivity contribution in [3.05, 3.63) is 73.6 Å². The molecule has 0 amide bonds. The van der Waals surface area contributed by atoms with E-state index >= 15 is 0 Å². The van der Waals surface area contributed by atoms with E-state index in [1.54, 1.807) is 13.0 Å². The Morgan fingerprint density at radius 2 is 1.88 bits per heavy atom. The molecule has 0 unspecified atom stereocenters. The highest BCUT2D eigenvalue weighted by Crippen LogP contribution is 2.36. The topological polar surface area (TPSA) is 89.4 Å². The standard InChI is InChI=1S/C19H15NO5/c1-9-3-4-11-7-13(18(22)20-14(11)5-9)12-8-16(21)25-15-6-10(2)24-19(23)17(12)15/h3-7,12H,8H2,1-2H3,(H,20,22)/t12-/m1/s1. The Hall–Kier alpha value is -3.15. The van der Waals surface area contributed by atoms with Crippen molar-refractivity contribution in [2.75, 3.05) is 0 Å². The summed E-state index contributed by atoms with van der Waals surface area (Å²) in [7, 11) is 0. The second-order valence-electron chi connectivity index (χ2n) is 6.30. The van der Waals surface area contributed by atoms with Crippen LogP contribution in [0, 0.1) is 13.8 Å². The molecule has 0 spiro atoms. The number of rotatable bonds is 1. The molecule has 1 N–H and O–H groups in total. The molecule has 0 saturated carbocycles. The first-order valence-corrected chi connectivity index (χ1v) is 7.91. The fourth-order valence-electron chi connectivity index (χ4n) is 3.28. The summed E-state index contributed by atoms with van der Waals surface area (Å²) in [5.74, 6) is -0.660. The average molecular weight is 337 g/mol. The van der Waals surface area contributed by atoms with Crippen molar-refractivity contribution in [1.29, 1.82) is 0 Å². The summed E-state index contributed by atoms with van der Waals surface area (Å²) in [6, 6.07) is 8.93. The van der Waals surface area contributed by atoms with Crippen molar-refractivity contribution in [2.45, 2.75) is 26.2 Å². The number of H-pyrrole nitrogens is 1. The van der Waals surface area contributed by atoms with Gasteiger partial charge in [-0.2, -0.15) is 0 Å². The largest absolute Gasteiger partial charge is 0.428 e. The van der Waals surface area contributed by atoms with Crippen LogP contribution >= 0.6 is 0 Å². The third-order valence-electron chi connectivity index (χ3n) is 4.42. The fraction of sp³-hybridized carbons (Fsp3) is 0.211. The van der Waals surface area contributed by atoms with Gasteiger partial charge in [-0.3, -0.25) is 9.59 Å². The molecule has 3 heterocycles. The summed E-state index contributed by atoms with van der Waals surface area (Å²) in [5, 5.41) is 0.831. The molecule has 1 aliphatic rings. The van der Waals surface area contributed by atoms with Crippen LogP contribution in [0.2, 0.25) is 0 Å². The molecule has 2 aromatic heterocycles. The molecule has 3 aromatic rings. The van der Waals surface area contributed by atoms with Crippen LogP contribution in [0.5, 0.6) is 5.75 Å². The van der Waals surface area contributed by atoms with Gasteiger partial charge in [-0.25, -0.2) is 4.79 Å². The van der Waals surface area contributed by atoms with Crippen LogP contribution < -0.4 is 15.9 Å². The molecule has 0 fully saturated rings. The van der Waals surface area contributed by atoms with E-state index < -0.39 is 17.5 Å². The zero-order chi connectivity index (χ0) is 17.7. The molecule has 0 aliphatic carbocycles. The van der Waals surface area contributed by atoms with Crippen LogP contribution in [0.25, 0.3) is 10.9 Å². The highest BCUT2D eigenvalue weighted by Gasteiger charge is 2.34. The summed E-state index contributed by atoms with van der Waals surface area (Å²) >= 11 is 0. The van der Waals surface area contributed by atoms with Crippen LogP contribution in [0.4, 0.5) is 0 Å². The predicted octanol–water partition coefficient (Wildman–Crippen LogP) is 2.54. The minimum Gasteiger partial charge on any atom is -0.428 e. The van der Waals surface area contributed by atoms with E-state index in [4.69, 9.17) is 9.15 Å². The molecule has 1 atom stereocenters. The summed E-state index contributed by atoms with van der Waals surface area (Å²) in [6.45, 7) is 3.54. The smallest absolute Gasteiger partial charge is 0.343 e. The van der Waals surface area contributed by atoms with Crippen LogP contribution in [0.15, 0.2) is 44.3 Å². The number of hydrogen-bond acceptors (Lipinski definition) is 5. The van der Waals surface area contributed by atoms with Crippen LogP contribution in [-0.4, -0.2) is 11.0 Å². The van der Waals surface area contributed by atoms with Crippen molar-refractivity contribution < 1.29 is 13.9 Å². The van der Waals surface area contributed by atoms with Crippen LogP contribution in [0.1, 0.15) is 34.8 Å². The van der Waals surface area contributed by atoms with Gasteiger partial charge in [0.25, 0.3) is 5.56 Å². The van der Waals surface area contributed by atoms with Gasteiger partial charge < -0.3 is 14.1 Å². The molecular weight excluding hydrogens is 322 g/mol. The monoisotopic (exact) mass is 337 g/mol. The number of pyridine rings is 1.